The highest BCUT2D eigenvalue weighted by atomic mass is 16.5. The van der Waals surface area contributed by atoms with E-state index < -0.39 is 0 Å². The van der Waals surface area contributed by atoms with Gasteiger partial charge in [-0.05, 0) is 20.3 Å². The van der Waals surface area contributed by atoms with Gasteiger partial charge in [-0.25, -0.2) is 4.79 Å². The Labute approximate surface area is 84.2 Å². The van der Waals surface area contributed by atoms with Crippen molar-refractivity contribution in [3.05, 3.63) is 12.3 Å². The summed E-state index contributed by atoms with van der Waals surface area (Å²) in [6.07, 6.45) is 3.45. The molecule has 0 aliphatic carbocycles. The number of aliphatic hydroxyl groups is 1. The van der Waals surface area contributed by atoms with Gasteiger partial charge in [0, 0.05) is 18.8 Å². The summed E-state index contributed by atoms with van der Waals surface area (Å²) >= 11 is 0. The SMILES string of the molecule is COC(=O)/C=C/N1CCC(O)C1(C)C. The Bertz CT molecular complexity index is 248. The molecule has 4 nitrogen and oxygen atoms in total. The number of likely N-dealkylation sites (tertiary alicyclic amines) is 1. The fraction of sp³-hybridized carbons (Fsp3) is 0.700. The number of hydrogen-bond donors (Lipinski definition) is 1. The van der Waals surface area contributed by atoms with Crippen molar-refractivity contribution < 1.29 is 14.6 Å². The number of carbonyl (C=O) groups excluding carboxylic acids is 1. The van der Waals surface area contributed by atoms with Gasteiger partial charge in [-0.1, -0.05) is 0 Å². The van der Waals surface area contributed by atoms with E-state index in [2.05, 4.69) is 4.74 Å². The van der Waals surface area contributed by atoms with Crippen molar-refractivity contribution in [3.63, 3.8) is 0 Å². The molecular formula is C10H17NO3. The van der Waals surface area contributed by atoms with Gasteiger partial charge in [0.1, 0.15) is 0 Å². The summed E-state index contributed by atoms with van der Waals surface area (Å²) in [6.45, 7) is 4.67. The summed E-state index contributed by atoms with van der Waals surface area (Å²) < 4.78 is 4.49. The Morgan fingerprint density at radius 1 is 1.64 bits per heavy atom. The van der Waals surface area contributed by atoms with Crippen LogP contribution >= 0.6 is 0 Å². The lowest BCUT2D eigenvalue weighted by atomic mass is 9.99. The van der Waals surface area contributed by atoms with Crippen molar-refractivity contribution in [2.24, 2.45) is 0 Å². The third kappa shape index (κ3) is 2.07. The van der Waals surface area contributed by atoms with Crippen LogP contribution in [-0.4, -0.2) is 41.3 Å². The number of carbonyl (C=O) groups is 1. The second-order valence-corrected chi connectivity index (χ2v) is 3.99. The van der Waals surface area contributed by atoms with E-state index in [9.17, 15) is 9.90 Å². The predicted molar refractivity (Wildman–Crippen MR) is 52.6 cm³/mol. The Kier molecular flexibility index (Phi) is 3.16. The molecule has 4 heteroatoms. The van der Waals surface area contributed by atoms with Crippen LogP contribution in [-0.2, 0) is 9.53 Å². The minimum Gasteiger partial charge on any atom is -0.466 e. The van der Waals surface area contributed by atoms with E-state index >= 15 is 0 Å². The molecule has 0 aromatic heterocycles. The molecular weight excluding hydrogens is 182 g/mol. The molecule has 1 unspecified atom stereocenters. The molecule has 0 aromatic rings. The van der Waals surface area contributed by atoms with E-state index in [0.29, 0.717) is 0 Å². The number of nitrogens with zero attached hydrogens (tertiary/aromatic N) is 1. The van der Waals surface area contributed by atoms with Crippen LogP contribution in [0.5, 0.6) is 0 Å². The smallest absolute Gasteiger partial charge is 0.331 e. The summed E-state index contributed by atoms with van der Waals surface area (Å²) in [5, 5.41) is 9.66. The van der Waals surface area contributed by atoms with Crippen molar-refractivity contribution in [2.75, 3.05) is 13.7 Å². The molecule has 1 saturated heterocycles. The Hall–Kier alpha value is -1.03. The second-order valence-electron chi connectivity index (χ2n) is 3.99. The molecule has 1 rings (SSSR count). The van der Waals surface area contributed by atoms with Crippen LogP contribution in [0.15, 0.2) is 12.3 Å². The number of rotatable bonds is 2. The molecule has 1 N–H and O–H groups in total. The maximum absolute atomic E-state index is 10.9. The molecule has 14 heavy (non-hydrogen) atoms. The van der Waals surface area contributed by atoms with Gasteiger partial charge in [-0.15, -0.1) is 0 Å². The Morgan fingerprint density at radius 3 is 2.71 bits per heavy atom. The van der Waals surface area contributed by atoms with Crippen LogP contribution in [0.4, 0.5) is 0 Å². The third-order valence-electron chi connectivity index (χ3n) is 2.79. The maximum Gasteiger partial charge on any atom is 0.331 e. The van der Waals surface area contributed by atoms with E-state index in [1.807, 2.05) is 18.7 Å². The molecule has 1 aliphatic rings. The molecule has 1 fully saturated rings. The molecule has 0 bridgehead atoms. The molecule has 80 valence electrons. The minimum absolute atomic E-state index is 0.301. The number of ether oxygens (including phenoxy) is 1. The fourth-order valence-corrected chi connectivity index (χ4v) is 1.58. The van der Waals surface area contributed by atoms with E-state index in [4.69, 9.17) is 0 Å². The Morgan fingerprint density at radius 2 is 2.29 bits per heavy atom. The van der Waals surface area contributed by atoms with Gasteiger partial charge in [0.25, 0.3) is 0 Å². The van der Waals surface area contributed by atoms with Crippen molar-refractivity contribution in [1.82, 2.24) is 4.90 Å². The summed E-state index contributed by atoms with van der Waals surface area (Å²) in [5.74, 6) is -0.373. The van der Waals surface area contributed by atoms with Gasteiger partial charge in [0.05, 0.1) is 18.8 Å². The van der Waals surface area contributed by atoms with Gasteiger partial charge < -0.3 is 14.7 Å². The zero-order valence-corrected chi connectivity index (χ0v) is 8.86. The summed E-state index contributed by atoms with van der Waals surface area (Å²) in [5.41, 5.74) is -0.301. The first-order valence-electron chi connectivity index (χ1n) is 4.69. The largest absolute Gasteiger partial charge is 0.466 e. The van der Waals surface area contributed by atoms with Gasteiger partial charge in [0.15, 0.2) is 0 Å². The van der Waals surface area contributed by atoms with Gasteiger partial charge in [-0.2, -0.15) is 0 Å². The van der Waals surface area contributed by atoms with Gasteiger partial charge in [0.2, 0.25) is 0 Å². The van der Waals surface area contributed by atoms with Crippen LogP contribution in [0.2, 0.25) is 0 Å². The van der Waals surface area contributed by atoms with Crippen LogP contribution in [0, 0.1) is 0 Å². The third-order valence-corrected chi connectivity index (χ3v) is 2.79. The Balaban J connectivity index is 2.62. The van der Waals surface area contributed by atoms with E-state index in [1.165, 1.54) is 13.2 Å². The molecule has 0 spiro atoms. The van der Waals surface area contributed by atoms with Crippen molar-refractivity contribution >= 4 is 5.97 Å². The maximum atomic E-state index is 10.9. The monoisotopic (exact) mass is 199 g/mol. The highest BCUT2D eigenvalue weighted by Gasteiger charge is 2.38. The van der Waals surface area contributed by atoms with E-state index in [0.717, 1.165) is 13.0 Å². The highest BCUT2D eigenvalue weighted by Crippen LogP contribution is 2.28. The number of hydrogen-bond acceptors (Lipinski definition) is 4. The predicted octanol–water partition coefficient (Wildman–Crippen LogP) is 0.518. The van der Waals surface area contributed by atoms with Crippen molar-refractivity contribution in [2.45, 2.75) is 31.9 Å². The molecule has 0 radical (unpaired) electrons. The van der Waals surface area contributed by atoms with Crippen LogP contribution in [0.1, 0.15) is 20.3 Å². The first-order chi connectivity index (χ1) is 6.48. The lowest BCUT2D eigenvalue weighted by Gasteiger charge is -2.32. The number of aliphatic hydroxyl groups excluding tert-OH is 1. The highest BCUT2D eigenvalue weighted by molar-refractivity contribution is 5.81. The van der Waals surface area contributed by atoms with Crippen LogP contribution in [0.25, 0.3) is 0 Å². The topological polar surface area (TPSA) is 49.8 Å². The molecule has 1 aliphatic heterocycles. The lowest BCUT2D eigenvalue weighted by molar-refractivity contribution is -0.134. The molecule has 0 saturated carbocycles. The average Bonchev–Trinajstić information content (AvgIpc) is 2.39. The molecule has 0 amide bonds. The first-order valence-corrected chi connectivity index (χ1v) is 4.69. The molecule has 0 aromatic carbocycles. The van der Waals surface area contributed by atoms with Crippen molar-refractivity contribution in [1.29, 1.82) is 0 Å². The average molecular weight is 199 g/mol. The fourth-order valence-electron chi connectivity index (χ4n) is 1.58. The molecule has 1 atom stereocenters. The first kappa shape index (κ1) is 11.0. The normalized spacial score (nSPS) is 25.7. The number of methoxy groups -OCH3 is 1. The van der Waals surface area contributed by atoms with E-state index in [1.54, 1.807) is 6.20 Å². The van der Waals surface area contributed by atoms with Gasteiger partial charge in [-0.3, -0.25) is 0 Å². The minimum atomic E-state index is -0.373. The quantitative estimate of drug-likeness (QED) is 0.520. The van der Waals surface area contributed by atoms with Gasteiger partial charge >= 0.3 is 5.97 Å². The lowest BCUT2D eigenvalue weighted by Crippen LogP contribution is -2.41. The standard InChI is InChI=1S/C10H17NO3/c1-10(2)8(12)4-6-11(10)7-5-9(13)14-3/h5,7-8,12H,4,6H2,1-3H3/b7-5+. The zero-order chi connectivity index (χ0) is 10.8. The second kappa shape index (κ2) is 4.00. The van der Waals surface area contributed by atoms with Crippen LogP contribution < -0.4 is 0 Å². The molecule has 1 heterocycles. The summed E-state index contributed by atoms with van der Waals surface area (Å²) in [6, 6.07) is 0. The van der Waals surface area contributed by atoms with E-state index in [-0.39, 0.29) is 17.6 Å². The van der Waals surface area contributed by atoms with Crippen molar-refractivity contribution in [3.8, 4) is 0 Å². The summed E-state index contributed by atoms with van der Waals surface area (Å²) in [7, 11) is 1.34. The summed E-state index contributed by atoms with van der Waals surface area (Å²) in [4.78, 5) is 12.8. The van der Waals surface area contributed by atoms with Crippen LogP contribution in [0.3, 0.4) is 0 Å². The number of esters is 1. The zero-order valence-electron chi connectivity index (χ0n) is 8.86.